The predicted molar refractivity (Wildman–Crippen MR) is 170 cm³/mol. The van der Waals surface area contributed by atoms with Gasteiger partial charge in [0.25, 0.3) is 0 Å². The third-order valence-electron chi connectivity index (χ3n) is 8.71. The van der Waals surface area contributed by atoms with Crippen LogP contribution in [-0.4, -0.2) is 25.5 Å². The fraction of sp³-hybridized carbons (Fsp3) is 0.395. The van der Waals surface area contributed by atoms with Gasteiger partial charge < -0.3 is 9.64 Å². The molecule has 1 aliphatic heterocycles. The van der Waals surface area contributed by atoms with Crippen molar-refractivity contribution >= 4 is 16.6 Å². The van der Waals surface area contributed by atoms with Crippen LogP contribution in [0.15, 0.2) is 78.9 Å². The predicted octanol–water partition coefficient (Wildman–Crippen LogP) is 7.54. The average molecular weight is 549 g/mol. The summed E-state index contributed by atoms with van der Waals surface area (Å²) in [6.45, 7) is 12.2. The highest BCUT2D eigenvalue weighted by Crippen LogP contribution is 2.28. The number of rotatable bonds is 7. The fourth-order valence-corrected chi connectivity index (χ4v) is 6.91. The van der Waals surface area contributed by atoms with Gasteiger partial charge in [0.05, 0.1) is 6.54 Å². The first-order valence-corrected chi connectivity index (χ1v) is 15.5. The Labute approximate surface area is 246 Å². The second kappa shape index (κ2) is 13.6. The van der Waals surface area contributed by atoms with Gasteiger partial charge >= 0.3 is 0 Å². The number of nitrogens with one attached hydrogen (secondary N) is 1. The van der Waals surface area contributed by atoms with Crippen LogP contribution in [0.5, 0.6) is 0 Å². The number of benzene rings is 4. The Morgan fingerprint density at radius 3 is 2.41 bits per heavy atom. The van der Waals surface area contributed by atoms with Crippen molar-refractivity contribution in [2.45, 2.75) is 72.4 Å². The van der Waals surface area contributed by atoms with Crippen LogP contribution < -0.4 is 4.90 Å². The summed E-state index contributed by atoms with van der Waals surface area (Å²) in [6, 6.07) is 28.7. The topological polar surface area (TPSA) is 30.7 Å². The van der Waals surface area contributed by atoms with E-state index in [9.17, 15) is 4.79 Å². The number of ether oxygens (including phenoxy) is 1. The fourth-order valence-electron chi connectivity index (χ4n) is 6.91. The number of ketones is 1. The van der Waals surface area contributed by atoms with Gasteiger partial charge in [0.1, 0.15) is 19.2 Å². The monoisotopic (exact) mass is 548 g/mol. The molecule has 0 aromatic heterocycles. The van der Waals surface area contributed by atoms with Crippen molar-refractivity contribution < 1.29 is 14.4 Å². The van der Waals surface area contributed by atoms with Gasteiger partial charge in [-0.15, -0.1) is 0 Å². The normalized spacial score (nSPS) is 19.9. The van der Waals surface area contributed by atoms with Gasteiger partial charge in [0.2, 0.25) is 0 Å². The lowest BCUT2D eigenvalue weighted by Crippen LogP contribution is -3.11. The Bertz CT molecular complexity index is 1460. The second-order valence-electron chi connectivity index (χ2n) is 12.2. The number of Topliss-reactive ketones (excluding diaryl/α,β-unsaturated/α-hetero) is 1. The van der Waals surface area contributed by atoms with E-state index in [0.29, 0.717) is 13.2 Å². The summed E-state index contributed by atoms with van der Waals surface area (Å²) in [4.78, 5) is 15.7. The van der Waals surface area contributed by atoms with E-state index in [2.05, 4.69) is 82.3 Å². The van der Waals surface area contributed by atoms with Crippen molar-refractivity contribution in [3.8, 4) is 0 Å². The Hall–Kier alpha value is -3.27. The zero-order chi connectivity index (χ0) is 28.8. The highest BCUT2D eigenvalue weighted by Gasteiger charge is 2.28. The molecule has 3 nitrogen and oxygen atoms in total. The first-order valence-electron chi connectivity index (χ1n) is 15.5. The van der Waals surface area contributed by atoms with Crippen LogP contribution in [0, 0.1) is 26.7 Å². The number of carbonyl (C=O) groups is 1. The summed E-state index contributed by atoms with van der Waals surface area (Å²) < 4.78 is 6.13. The Morgan fingerprint density at radius 1 is 0.854 bits per heavy atom. The molecule has 1 N–H and O–H groups in total. The molecule has 1 aliphatic rings. The highest BCUT2D eigenvalue weighted by molar-refractivity contribution is 6.09. The second-order valence-corrected chi connectivity index (χ2v) is 12.2. The molecule has 2 bridgehead atoms. The van der Waals surface area contributed by atoms with Crippen LogP contribution in [0.1, 0.15) is 82.4 Å². The van der Waals surface area contributed by atoms with Crippen molar-refractivity contribution in [1.82, 2.24) is 0 Å². The average Bonchev–Trinajstić information content (AvgIpc) is 2.94. The molecule has 0 aliphatic carbocycles. The molecule has 41 heavy (non-hydrogen) atoms. The molecular formula is C38H46NO2+. The zero-order valence-electron chi connectivity index (χ0n) is 25.3. The molecule has 0 fully saturated rings. The summed E-state index contributed by atoms with van der Waals surface area (Å²) in [5.74, 6) is 0.272. The van der Waals surface area contributed by atoms with Crippen LogP contribution >= 0.6 is 0 Å². The van der Waals surface area contributed by atoms with Crippen molar-refractivity contribution in [1.29, 1.82) is 0 Å². The van der Waals surface area contributed by atoms with E-state index in [1.165, 1.54) is 33.4 Å². The van der Waals surface area contributed by atoms with Crippen LogP contribution in [0.3, 0.4) is 0 Å². The molecule has 4 aromatic carbocycles. The van der Waals surface area contributed by atoms with Crippen molar-refractivity contribution in [2.75, 3.05) is 19.8 Å². The molecule has 0 saturated carbocycles. The van der Waals surface area contributed by atoms with E-state index in [1.807, 2.05) is 24.3 Å². The van der Waals surface area contributed by atoms with Crippen LogP contribution in [0.4, 0.5) is 0 Å². The van der Waals surface area contributed by atoms with E-state index < -0.39 is 0 Å². The maximum absolute atomic E-state index is 14.1. The molecule has 0 radical (unpaired) electrons. The first-order chi connectivity index (χ1) is 19.9. The minimum Gasteiger partial charge on any atom is -0.375 e. The van der Waals surface area contributed by atoms with Crippen molar-refractivity contribution in [3.63, 3.8) is 0 Å². The number of carbonyl (C=O) groups excluding carboxylic acids is 1. The molecule has 0 spiro atoms. The maximum Gasteiger partial charge on any atom is 0.166 e. The SMILES string of the molecule is CCOCC1c2cc(C)cc(c2)CC(C(=O)c2cccc3ccccc23)CCCCC[NH+]1Cc1cc(C)cc(C)c1. The molecule has 0 saturated heterocycles. The van der Waals surface area contributed by atoms with E-state index >= 15 is 0 Å². The molecule has 3 unspecified atom stereocenters. The molecule has 5 rings (SSSR count). The lowest BCUT2D eigenvalue weighted by atomic mass is 9.84. The molecular weight excluding hydrogens is 502 g/mol. The van der Waals surface area contributed by atoms with Crippen molar-refractivity contribution in [2.24, 2.45) is 5.92 Å². The number of aryl methyl sites for hydroxylation is 3. The number of fused-ring (bicyclic) bond motifs is 3. The standard InChI is InChI=1S/C38H45NO2/c1-5-41-26-37-34-22-29(4)19-30(24-34)23-33(38(40)36-16-11-14-32-12-8-9-15-35(32)36)13-7-6-10-17-39(37)25-31-20-27(2)18-28(3)21-31/h8-9,11-12,14-16,18-22,24,33,37H,5-7,10,13,17,23,25-26H2,1-4H3/p+1. The Balaban J connectivity index is 1.49. The third kappa shape index (κ3) is 7.33. The van der Waals surface area contributed by atoms with Gasteiger partial charge in [0.15, 0.2) is 5.78 Å². The molecule has 214 valence electrons. The smallest absolute Gasteiger partial charge is 0.166 e. The van der Waals surface area contributed by atoms with Gasteiger partial charge in [-0.1, -0.05) is 95.9 Å². The van der Waals surface area contributed by atoms with Crippen LogP contribution in [0.2, 0.25) is 0 Å². The summed E-state index contributed by atoms with van der Waals surface area (Å²) in [5, 5.41) is 2.20. The molecule has 3 heteroatoms. The lowest BCUT2D eigenvalue weighted by Gasteiger charge is -2.31. The van der Waals surface area contributed by atoms with E-state index in [-0.39, 0.29) is 17.7 Å². The zero-order valence-corrected chi connectivity index (χ0v) is 25.3. The van der Waals surface area contributed by atoms with Gasteiger partial charge in [-0.2, -0.15) is 0 Å². The Kier molecular flexibility index (Phi) is 9.69. The van der Waals surface area contributed by atoms with Gasteiger partial charge in [-0.05, 0) is 75.8 Å². The molecule has 1 heterocycles. The Morgan fingerprint density at radius 2 is 1.61 bits per heavy atom. The largest absolute Gasteiger partial charge is 0.375 e. The van der Waals surface area contributed by atoms with Crippen molar-refractivity contribution in [3.05, 3.63) is 118 Å². The van der Waals surface area contributed by atoms with E-state index in [4.69, 9.17) is 4.74 Å². The number of quaternary nitrogens is 1. The summed E-state index contributed by atoms with van der Waals surface area (Å²) in [5.41, 5.74) is 8.80. The summed E-state index contributed by atoms with van der Waals surface area (Å²) >= 11 is 0. The minimum atomic E-state index is -0.0149. The van der Waals surface area contributed by atoms with Gasteiger partial charge in [-0.25, -0.2) is 0 Å². The summed E-state index contributed by atoms with van der Waals surface area (Å²) in [6.07, 6.45) is 5.08. The lowest BCUT2D eigenvalue weighted by molar-refractivity contribution is -0.946. The van der Waals surface area contributed by atoms with Gasteiger partial charge in [0, 0.05) is 29.2 Å². The molecule has 3 atom stereocenters. The number of hydrogen-bond acceptors (Lipinski definition) is 2. The third-order valence-corrected chi connectivity index (χ3v) is 8.71. The first kappa shape index (κ1) is 29.2. The maximum atomic E-state index is 14.1. The quantitative estimate of drug-likeness (QED) is 0.242. The molecule has 4 aromatic rings. The minimum absolute atomic E-state index is 0.0149. The number of hydrogen-bond donors (Lipinski definition) is 1. The molecule has 0 amide bonds. The van der Waals surface area contributed by atoms with E-state index in [0.717, 1.165) is 61.5 Å². The highest BCUT2D eigenvalue weighted by atomic mass is 16.5. The van der Waals surface area contributed by atoms with E-state index in [1.54, 1.807) is 4.90 Å². The van der Waals surface area contributed by atoms with Crippen LogP contribution in [0.25, 0.3) is 10.8 Å². The van der Waals surface area contributed by atoms with Crippen LogP contribution in [-0.2, 0) is 17.7 Å². The van der Waals surface area contributed by atoms with Gasteiger partial charge in [-0.3, -0.25) is 4.79 Å². The summed E-state index contributed by atoms with van der Waals surface area (Å²) in [7, 11) is 0.